The van der Waals surface area contributed by atoms with Gasteiger partial charge in [0.1, 0.15) is 5.82 Å². The number of urea groups is 1. The van der Waals surface area contributed by atoms with E-state index in [1.807, 2.05) is 29.2 Å². The molecule has 3 atom stereocenters. The van der Waals surface area contributed by atoms with Gasteiger partial charge >= 0.3 is 6.03 Å². The Morgan fingerprint density at radius 1 is 1.06 bits per heavy atom. The average Bonchev–Trinajstić information content (AvgIpc) is 3.08. The number of halogens is 2. The zero-order chi connectivity index (χ0) is 22.1. The molecule has 9 heteroatoms. The van der Waals surface area contributed by atoms with Gasteiger partial charge in [0.15, 0.2) is 0 Å². The van der Waals surface area contributed by atoms with Gasteiger partial charge in [-0.25, -0.2) is 18.6 Å². The fraction of sp³-hybridized carbons (Fsp3) is 0.391. The van der Waals surface area contributed by atoms with Gasteiger partial charge in [-0.2, -0.15) is 0 Å². The summed E-state index contributed by atoms with van der Waals surface area (Å²) in [5.74, 6) is 0.483. The molecule has 2 aliphatic rings. The second-order valence-corrected chi connectivity index (χ2v) is 8.41. The van der Waals surface area contributed by atoms with Gasteiger partial charge in [0.25, 0.3) is 6.43 Å². The molecule has 32 heavy (non-hydrogen) atoms. The van der Waals surface area contributed by atoms with Crippen molar-refractivity contribution in [3.05, 3.63) is 49.1 Å². The van der Waals surface area contributed by atoms with Crippen LogP contribution in [0.1, 0.15) is 25.7 Å². The number of hydrogen-bond donors (Lipinski definition) is 2. The molecule has 3 aromatic rings. The molecule has 2 aromatic heterocycles. The molecule has 0 radical (unpaired) electrons. The zero-order valence-electron chi connectivity index (χ0n) is 17.4. The smallest absolute Gasteiger partial charge is 0.318 e. The van der Waals surface area contributed by atoms with Crippen LogP contribution in [0.2, 0.25) is 0 Å². The quantitative estimate of drug-likeness (QED) is 0.627. The molecule has 4 heterocycles. The Morgan fingerprint density at radius 2 is 1.88 bits per heavy atom. The van der Waals surface area contributed by atoms with Crippen molar-refractivity contribution in [3.8, 4) is 11.3 Å². The third kappa shape index (κ3) is 4.25. The number of nitrogens with one attached hydrogen (secondary N) is 2. The van der Waals surface area contributed by atoms with Gasteiger partial charge in [-0.1, -0.05) is 12.1 Å². The first kappa shape index (κ1) is 20.7. The first-order valence-corrected chi connectivity index (χ1v) is 10.8. The summed E-state index contributed by atoms with van der Waals surface area (Å²) in [5.41, 5.74) is 1.71. The Morgan fingerprint density at radius 3 is 2.59 bits per heavy atom. The van der Waals surface area contributed by atoms with E-state index in [-0.39, 0.29) is 30.7 Å². The number of benzene rings is 1. The highest BCUT2D eigenvalue weighted by atomic mass is 19.3. The number of carbonyl (C=O) groups is 1. The summed E-state index contributed by atoms with van der Waals surface area (Å²) in [6.45, 7) is -0.298. The van der Waals surface area contributed by atoms with E-state index in [0.717, 1.165) is 34.9 Å². The monoisotopic (exact) mass is 438 g/mol. The topological polar surface area (TPSA) is 83.0 Å². The molecular formula is C23H24F2N6O. The third-order valence-electron chi connectivity index (χ3n) is 6.34. The fourth-order valence-corrected chi connectivity index (χ4v) is 4.92. The summed E-state index contributed by atoms with van der Waals surface area (Å²) in [7, 11) is 0. The Hall–Kier alpha value is -3.20. The van der Waals surface area contributed by atoms with Crippen molar-refractivity contribution in [2.24, 2.45) is 0 Å². The zero-order valence-corrected chi connectivity index (χ0v) is 17.4. The van der Waals surface area contributed by atoms with Crippen LogP contribution in [0.5, 0.6) is 0 Å². The number of amides is 2. The van der Waals surface area contributed by atoms with Gasteiger partial charge in [0.2, 0.25) is 0 Å². The maximum Gasteiger partial charge on any atom is 0.323 e. The van der Waals surface area contributed by atoms with Crippen LogP contribution in [-0.4, -0.2) is 57.0 Å². The fourth-order valence-electron chi connectivity index (χ4n) is 4.92. The summed E-state index contributed by atoms with van der Waals surface area (Å²) in [5, 5.41) is 7.78. The lowest BCUT2D eigenvalue weighted by Crippen LogP contribution is -2.53. The summed E-state index contributed by atoms with van der Waals surface area (Å²) in [6.07, 6.45) is 7.57. The van der Waals surface area contributed by atoms with Crippen LogP contribution in [0.15, 0.2) is 49.1 Å². The minimum absolute atomic E-state index is 0.0313. The molecule has 2 bridgehead atoms. The van der Waals surface area contributed by atoms with Gasteiger partial charge in [-0.15, -0.1) is 0 Å². The van der Waals surface area contributed by atoms with Crippen molar-refractivity contribution in [3.63, 3.8) is 0 Å². The maximum absolute atomic E-state index is 13.0. The molecule has 2 N–H and O–H groups in total. The molecule has 1 aromatic carbocycles. The molecule has 166 valence electrons. The van der Waals surface area contributed by atoms with E-state index >= 15 is 0 Å². The van der Waals surface area contributed by atoms with Crippen molar-refractivity contribution in [2.45, 2.75) is 50.2 Å². The van der Waals surface area contributed by atoms with E-state index in [4.69, 9.17) is 0 Å². The van der Waals surface area contributed by atoms with Crippen LogP contribution in [0.3, 0.4) is 0 Å². The lowest BCUT2D eigenvalue weighted by molar-refractivity contribution is 0.115. The molecule has 2 fully saturated rings. The predicted molar refractivity (Wildman–Crippen MR) is 117 cm³/mol. The van der Waals surface area contributed by atoms with Gasteiger partial charge in [-0.05, 0) is 43.2 Å². The number of carbonyl (C=O) groups excluding carboxylic acids is 1. The number of nitrogens with zero attached hydrogens (tertiary/aromatic N) is 4. The van der Waals surface area contributed by atoms with Gasteiger partial charge in [-0.3, -0.25) is 15.3 Å². The third-order valence-corrected chi connectivity index (χ3v) is 6.34. The number of alkyl halides is 2. The van der Waals surface area contributed by atoms with Crippen molar-refractivity contribution in [1.82, 2.24) is 25.2 Å². The highest BCUT2D eigenvalue weighted by molar-refractivity contribution is 5.93. The van der Waals surface area contributed by atoms with Crippen molar-refractivity contribution < 1.29 is 13.6 Å². The maximum atomic E-state index is 13.0. The molecule has 5 rings (SSSR count). The van der Waals surface area contributed by atoms with Gasteiger partial charge < -0.3 is 10.2 Å². The van der Waals surface area contributed by atoms with Crippen molar-refractivity contribution in [2.75, 3.05) is 11.9 Å². The molecule has 0 saturated carbocycles. The van der Waals surface area contributed by atoms with Crippen molar-refractivity contribution >= 4 is 22.6 Å². The van der Waals surface area contributed by atoms with Crippen LogP contribution in [0.25, 0.3) is 22.0 Å². The molecular weight excluding hydrogens is 414 g/mol. The summed E-state index contributed by atoms with van der Waals surface area (Å²) in [6, 6.07) is 7.77. The van der Waals surface area contributed by atoms with E-state index in [1.165, 1.54) is 0 Å². The van der Waals surface area contributed by atoms with Crippen LogP contribution >= 0.6 is 0 Å². The average molecular weight is 438 g/mol. The second kappa shape index (κ2) is 8.74. The van der Waals surface area contributed by atoms with E-state index in [1.54, 1.807) is 24.8 Å². The molecule has 2 aliphatic heterocycles. The highest BCUT2D eigenvalue weighted by Gasteiger charge is 2.43. The lowest BCUT2D eigenvalue weighted by atomic mass is 9.97. The van der Waals surface area contributed by atoms with Crippen LogP contribution in [0, 0.1) is 0 Å². The van der Waals surface area contributed by atoms with E-state index in [2.05, 4.69) is 25.6 Å². The van der Waals surface area contributed by atoms with Gasteiger partial charge in [0, 0.05) is 47.7 Å². The van der Waals surface area contributed by atoms with E-state index in [9.17, 15) is 13.6 Å². The number of hydrogen-bond acceptors (Lipinski definition) is 5. The number of rotatable bonds is 5. The molecule has 0 aliphatic carbocycles. The van der Waals surface area contributed by atoms with Crippen LogP contribution in [-0.2, 0) is 0 Å². The standard InChI is InChI=1S/C23H24F2N6O/c24-21(25)13-28-17-9-18-3-4-19(10-17)31(18)23(32)30-22-8-16-7-14(1-2-15(16)11-29-22)20-12-26-5-6-27-20/h1-2,5-8,11-12,17-19,21,28H,3-4,9-10,13H2,(H,29,30,32)/t17-,18+,19-. The number of pyridine rings is 1. The van der Waals surface area contributed by atoms with E-state index in [0.29, 0.717) is 18.7 Å². The Kier molecular flexibility index (Phi) is 5.65. The Bertz CT molecular complexity index is 1100. The first-order chi connectivity index (χ1) is 15.6. The SMILES string of the molecule is O=C(Nc1cc2cc(-c3cnccn3)ccc2cn1)N1[C@@H]2CC[C@H]1C[C@@H](NCC(F)F)C2. The molecule has 2 amide bonds. The molecule has 7 nitrogen and oxygen atoms in total. The lowest BCUT2D eigenvalue weighted by Gasteiger charge is -2.39. The second-order valence-electron chi connectivity index (χ2n) is 8.41. The summed E-state index contributed by atoms with van der Waals surface area (Å²) < 4.78 is 25.1. The highest BCUT2D eigenvalue weighted by Crippen LogP contribution is 2.36. The van der Waals surface area contributed by atoms with Gasteiger partial charge in [0.05, 0.1) is 18.4 Å². The van der Waals surface area contributed by atoms with Crippen molar-refractivity contribution in [1.29, 1.82) is 0 Å². The summed E-state index contributed by atoms with van der Waals surface area (Å²) in [4.78, 5) is 27.8. The Balaban J connectivity index is 1.30. The molecule has 0 spiro atoms. The van der Waals surface area contributed by atoms with Crippen LogP contribution in [0.4, 0.5) is 19.4 Å². The van der Waals surface area contributed by atoms with Crippen LogP contribution < -0.4 is 10.6 Å². The predicted octanol–water partition coefficient (Wildman–Crippen LogP) is 4.07. The number of anilines is 1. The molecule has 0 unspecified atom stereocenters. The number of aromatic nitrogens is 3. The largest absolute Gasteiger partial charge is 0.323 e. The Labute approximate surface area is 184 Å². The van der Waals surface area contributed by atoms with E-state index < -0.39 is 6.43 Å². The number of piperidine rings is 1. The molecule has 2 saturated heterocycles. The minimum Gasteiger partial charge on any atom is -0.318 e. The minimum atomic E-state index is -2.36. The normalized spacial score (nSPS) is 22.5. The first-order valence-electron chi connectivity index (χ1n) is 10.8. The summed E-state index contributed by atoms with van der Waals surface area (Å²) >= 11 is 0. The number of fused-ring (bicyclic) bond motifs is 3.